The number of amides is 1. The first-order valence-electron chi connectivity index (χ1n) is 16.4. The van der Waals surface area contributed by atoms with Crippen LogP contribution in [0.5, 0.6) is 0 Å². The fourth-order valence-electron chi connectivity index (χ4n) is 10.00. The average molecular weight is 582 g/mol. The van der Waals surface area contributed by atoms with Crippen LogP contribution in [0.2, 0.25) is 0 Å². The maximum atomic E-state index is 14.0. The second-order valence-electron chi connectivity index (χ2n) is 16.9. The number of fused-ring (bicyclic) bond motifs is 7. The summed E-state index contributed by atoms with van der Waals surface area (Å²) in [5.74, 6) is 0.159. The van der Waals surface area contributed by atoms with Gasteiger partial charge in [-0.2, -0.15) is 0 Å². The van der Waals surface area contributed by atoms with E-state index in [1.54, 1.807) is 6.08 Å². The maximum absolute atomic E-state index is 14.0. The molecule has 43 heavy (non-hydrogen) atoms. The van der Waals surface area contributed by atoms with E-state index < -0.39 is 5.41 Å². The van der Waals surface area contributed by atoms with Crippen molar-refractivity contribution in [1.29, 1.82) is 0 Å². The number of allylic oxidation sites excluding steroid dienone is 7. The molecule has 4 heteroatoms. The van der Waals surface area contributed by atoms with Crippen molar-refractivity contribution in [3.8, 4) is 0 Å². The second-order valence-corrected chi connectivity index (χ2v) is 16.9. The smallest absolute Gasteiger partial charge is 0.230 e. The molecule has 0 aliphatic heterocycles. The number of rotatable bonds is 2. The lowest BCUT2D eigenvalue weighted by atomic mass is 9.34. The van der Waals surface area contributed by atoms with Crippen molar-refractivity contribution in [2.45, 2.75) is 113 Å². The van der Waals surface area contributed by atoms with E-state index in [2.05, 4.69) is 97.1 Å². The van der Waals surface area contributed by atoms with Gasteiger partial charge in [0.05, 0.1) is 0 Å². The Morgan fingerprint density at radius 3 is 2.21 bits per heavy atom. The number of hydrogen-bond donors (Lipinski definition) is 2. The third-order valence-electron chi connectivity index (χ3n) is 13.4. The molecule has 0 bridgehead atoms. The zero-order valence-corrected chi connectivity index (χ0v) is 27.8. The molecule has 6 rings (SSSR count). The van der Waals surface area contributed by atoms with Crippen LogP contribution in [0.4, 0.5) is 5.69 Å². The monoisotopic (exact) mass is 581 g/mol. The van der Waals surface area contributed by atoms with Crippen molar-refractivity contribution in [3.05, 3.63) is 76.1 Å². The summed E-state index contributed by atoms with van der Waals surface area (Å²) in [6.45, 7) is 20.5. The first kappa shape index (κ1) is 30.2. The zero-order chi connectivity index (χ0) is 31.4. The number of anilines is 1. The van der Waals surface area contributed by atoms with E-state index in [0.717, 1.165) is 61.8 Å². The van der Waals surface area contributed by atoms with Crippen LogP contribution >= 0.6 is 0 Å². The molecule has 0 heterocycles. The zero-order valence-electron chi connectivity index (χ0n) is 27.8. The molecule has 0 aromatic heterocycles. The van der Waals surface area contributed by atoms with Gasteiger partial charge in [0.15, 0.2) is 5.76 Å². The standard InChI is InChI=1S/C39H51NO3/c1-24-27-14-15-30-37(7,28(27)22-29(41)32(24)42)19-21-39(9)31-23-36(6,17-16-35(31,5)18-20-38(30,39)8)33(43)40-26-12-10-25(11-13-26)34(2,3)4/h10-15,22,31,42H,16-21,23H2,1-9H3,(H,40,43)/t31-,35-,36-,37+,38-,39+/m1/s1. The minimum Gasteiger partial charge on any atom is -0.504 e. The van der Waals surface area contributed by atoms with Crippen molar-refractivity contribution in [2.24, 2.45) is 33.0 Å². The Bertz CT molecular complexity index is 1530. The lowest BCUT2D eigenvalue weighted by Crippen LogP contribution is -2.62. The lowest BCUT2D eigenvalue weighted by molar-refractivity contribution is -0.166. The van der Waals surface area contributed by atoms with Gasteiger partial charge in [-0.25, -0.2) is 0 Å². The van der Waals surface area contributed by atoms with Gasteiger partial charge in [-0.15, -0.1) is 0 Å². The summed E-state index contributed by atoms with van der Waals surface area (Å²) in [5.41, 5.74) is 5.94. The summed E-state index contributed by atoms with van der Waals surface area (Å²) in [7, 11) is 0. The van der Waals surface area contributed by atoms with E-state index in [1.807, 2.05) is 6.92 Å². The topological polar surface area (TPSA) is 66.4 Å². The predicted molar refractivity (Wildman–Crippen MR) is 175 cm³/mol. The number of nitrogens with one attached hydrogen (secondary N) is 1. The van der Waals surface area contributed by atoms with Crippen LogP contribution in [0.25, 0.3) is 0 Å². The maximum Gasteiger partial charge on any atom is 0.230 e. The number of ketones is 1. The van der Waals surface area contributed by atoms with Crippen molar-refractivity contribution in [1.82, 2.24) is 0 Å². The first-order valence-corrected chi connectivity index (χ1v) is 16.4. The van der Waals surface area contributed by atoms with Crippen LogP contribution in [0.15, 0.2) is 70.5 Å². The summed E-state index contributed by atoms with van der Waals surface area (Å²) in [4.78, 5) is 26.8. The molecular weight excluding hydrogens is 530 g/mol. The summed E-state index contributed by atoms with van der Waals surface area (Å²) in [6, 6.07) is 8.37. The van der Waals surface area contributed by atoms with Gasteiger partial charge in [0.2, 0.25) is 11.7 Å². The van der Waals surface area contributed by atoms with Crippen molar-refractivity contribution < 1.29 is 14.7 Å². The Kier molecular flexibility index (Phi) is 6.53. The molecule has 0 unspecified atom stereocenters. The van der Waals surface area contributed by atoms with Gasteiger partial charge >= 0.3 is 0 Å². The molecule has 3 fully saturated rings. The summed E-state index contributed by atoms with van der Waals surface area (Å²) < 4.78 is 0. The highest BCUT2D eigenvalue weighted by molar-refractivity contribution is 6.06. The Balaban J connectivity index is 1.33. The van der Waals surface area contributed by atoms with Crippen LogP contribution in [-0.2, 0) is 15.0 Å². The van der Waals surface area contributed by atoms with Crippen LogP contribution in [0.1, 0.15) is 113 Å². The molecule has 0 radical (unpaired) electrons. The molecule has 6 atom stereocenters. The van der Waals surface area contributed by atoms with Crippen molar-refractivity contribution in [3.63, 3.8) is 0 Å². The molecule has 4 nitrogen and oxygen atoms in total. The highest BCUT2D eigenvalue weighted by Crippen LogP contribution is 2.75. The Labute approximate surface area is 258 Å². The van der Waals surface area contributed by atoms with Crippen LogP contribution in [0.3, 0.4) is 0 Å². The predicted octanol–water partition coefficient (Wildman–Crippen LogP) is 9.55. The van der Waals surface area contributed by atoms with Gasteiger partial charge in [-0.3, -0.25) is 9.59 Å². The quantitative estimate of drug-likeness (QED) is 0.365. The molecule has 1 aromatic rings. The van der Waals surface area contributed by atoms with Crippen molar-refractivity contribution in [2.75, 3.05) is 5.32 Å². The Hall–Kier alpha value is -2.88. The van der Waals surface area contributed by atoms with Gasteiger partial charge in [0.25, 0.3) is 0 Å². The normalized spacial score (nSPS) is 39.0. The molecule has 0 saturated heterocycles. The largest absolute Gasteiger partial charge is 0.504 e. The van der Waals surface area contributed by atoms with Crippen LogP contribution in [0, 0.1) is 33.0 Å². The van der Waals surface area contributed by atoms with Crippen molar-refractivity contribution >= 4 is 17.4 Å². The number of hydrogen-bond acceptors (Lipinski definition) is 3. The number of carbonyl (C=O) groups excluding carboxylic acids is 2. The molecule has 2 N–H and O–H groups in total. The van der Waals surface area contributed by atoms with E-state index >= 15 is 0 Å². The molecule has 5 aliphatic carbocycles. The van der Waals surface area contributed by atoms with E-state index in [9.17, 15) is 14.7 Å². The van der Waals surface area contributed by atoms with Gasteiger partial charge in [-0.1, -0.05) is 85.2 Å². The first-order chi connectivity index (χ1) is 19.9. The van der Waals surface area contributed by atoms with E-state index in [1.165, 1.54) is 11.1 Å². The second kappa shape index (κ2) is 9.31. The molecule has 1 aromatic carbocycles. The summed E-state index contributed by atoms with van der Waals surface area (Å²) >= 11 is 0. The minimum absolute atomic E-state index is 0.0270. The molecule has 3 saturated carbocycles. The minimum atomic E-state index is -0.430. The molecular formula is C39H51NO3. The molecule has 230 valence electrons. The Morgan fingerprint density at radius 1 is 0.907 bits per heavy atom. The SMILES string of the molecule is CC1=C(O)C(=O)C=C2C1=CC=C1[C@@]2(C)CC[C@@]2(C)[C@@H]3C[C@](C)(C(=O)Nc4ccc(C(C)(C)C)cc4)CC[C@]3(C)CC[C@]12C. The third-order valence-corrected chi connectivity index (χ3v) is 13.4. The average Bonchev–Trinajstić information content (AvgIpc) is 2.94. The van der Waals surface area contributed by atoms with E-state index in [0.29, 0.717) is 11.5 Å². The highest BCUT2D eigenvalue weighted by Gasteiger charge is 2.67. The summed E-state index contributed by atoms with van der Waals surface area (Å²) in [6.07, 6.45) is 13.3. The number of aliphatic hydroxyl groups excluding tert-OH is 1. The van der Waals surface area contributed by atoms with Gasteiger partial charge in [0, 0.05) is 22.1 Å². The van der Waals surface area contributed by atoms with Crippen LogP contribution in [-0.4, -0.2) is 16.8 Å². The number of aliphatic hydroxyl groups is 1. The fraction of sp³-hybridized carbons (Fsp3) is 0.590. The molecule has 5 aliphatic rings. The van der Waals surface area contributed by atoms with Gasteiger partial charge in [0.1, 0.15) is 0 Å². The third kappa shape index (κ3) is 4.21. The van der Waals surface area contributed by atoms with Gasteiger partial charge in [-0.05, 0) is 114 Å². The van der Waals surface area contributed by atoms with E-state index in [-0.39, 0.29) is 44.5 Å². The van der Waals surface area contributed by atoms with E-state index in [4.69, 9.17) is 0 Å². The number of benzene rings is 1. The molecule has 0 spiro atoms. The number of carbonyl (C=O) groups is 2. The van der Waals surface area contributed by atoms with Gasteiger partial charge < -0.3 is 10.4 Å². The summed E-state index contributed by atoms with van der Waals surface area (Å²) in [5, 5.41) is 13.7. The van der Waals surface area contributed by atoms with Crippen LogP contribution < -0.4 is 5.32 Å². The molecule has 1 amide bonds. The Morgan fingerprint density at radius 2 is 1.56 bits per heavy atom. The lowest BCUT2D eigenvalue weighted by Gasteiger charge is -2.70. The highest BCUT2D eigenvalue weighted by atomic mass is 16.3. The fourth-order valence-corrected chi connectivity index (χ4v) is 10.00.